The van der Waals surface area contributed by atoms with Crippen LogP contribution in [0.2, 0.25) is 0 Å². The third kappa shape index (κ3) is 3.80. The molecule has 3 unspecified atom stereocenters. The smallest absolute Gasteiger partial charge is 0.248 e. The Balaban J connectivity index is 1.88. The first-order chi connectivity index (χ1) is 9.06. The third-order valence-electron chi connectivity index (χ3n) is 4.40. The van der Waals surface area contributed by atoms with Gasteiger partial charge in [-0.15, -0.1) is 0 Å². The van der Waals surface area contributed by atoms with Crippen molar-refractivity contribution in [1.29, 1.82) is 0 Å². The van der Waals surface area contributed by atoms with Gasteiger partial charge in [-0.25, -0.2) is 0 Å². The van der Waals surface area contributed by atoms with Crippen LogP contribution in [0.25, 0.3) is 0 Å². The number of amides is 1. The van der Waals surface area contributed by atoms with Crippen LogP contribution in [0.5, 0.6) is 0 Å². The zero-order valence-corrected chi connectivity index (χ0v) is 11.9. The monoisotopic (exact) mass is 260 g/mol. The molecule has 1 aromatic rings. The molecule has 3 atom stereocenters. The highest BCUT2D eigenvalue weighted by atomic mass is 16.1. The number of rotatable bonds is 4. The van der Waals surface area contributed by atoms with Gasteiger partial charge < -0.3 is 11.1 Å². The molecular formula is C16H24N2O. The Morgan fingerprint density at radius 1 is 1.32 bits per heavy atom. The molecule has 3 nitrogen and oxygen atoms in total. The number of carbonyl (C=O) groups excluding carboxylic acids is 1. The Kier molecular flexibility index (Phi) is 4.59. The quantitative estimate of drug-likeness (QED) is 0.874. The SMILES string of the molecule is CC1CCC(NCc2cccc(C(N)=O)c2)CC1C. The fraction of sp³-hybridized carbons (Fsp3) is 0.562. The Morgan fingerprint density at radius 3 is 2.79 bits per heavy atom. The van der Waals surface area contributed by atoms with E-state index in [-0.39, 0.29) is 5.91 Å². The molecule has 1 aliphatic rings. The highest BCUT2D eigenvalue weighted by Gasteiger charge is 2.23. The van der Waals surface area contributed by atoms with Crippen molar-refractivity contribution in [2.24, 2.45) is 17.6 Å². The minimum atomic E-state index is -0.359. The number of hydrogen-bond acceptors (Lipinski definition) is 2. The van der Waals surface area contributed by atoms with E-state index in [1.807, 2.05) is 18.2 Å². The van der Waals surface area contributed by atoms with E-state index in [0.29, 0.717) is 11.6 Å². The summed E-state index contributed by atoms with van der Waals surface area (Å²) in [6, 6.07) is 8.17. The lowest BCUT2D eigenvalue weighted by atomic mass is 9.79. The molecule has 0 heterocycles. The highest BCUT2D eigenvalue weighted by molar-refractivity contribution is 5.92. The van der Waals surface area contributed by atoms with Gasteiger partial charge >= 0.3 is 0 Å². The number of nitrogens with two attached hydrogens (primary N) is 1. The first-order valence-corrected chi connectivity index (χ1v) is 7.18. The summed E-state index contributed by atoms with van der Waals surface area (Å²) in [5.74, 6) is 1.28. The molecule has 1 saturated carbocycles. The van der Waals surface area contributed by atoms with Crippen molar-refractivity contribution in [3.63, 3.8) is 0 Å². The van der Waals surface area contributed by atoms with Crippen LogP contribution >= 0.6 is 0 Å². The second-order valence-electron chi connectivity index (χ2n) is 5.91. The lowest BCUT2D eigenvalue weighted by Gasteiger charge is -2.32. The van der Waals surface area contributed by atoms with Crippen molar-refractivity contribution in [3.05, 3.63) is 35.4 Å². The van der Waals surface area contributed by atoms with Crippen molar-refractivity contribution in [3.8, 4) is 0 Å². The standard InChI is InChI=1S/C16H24N2O/c1-11-6-7-15(8-12(11)2)18-10-13-4-3-5-14(9-13)16(17)19/h3-5,9,11-12,15,18H,6-8,10H2,1-2H3,(H2,17,19). The Labute approximate surface area is 115 Å². The number of carbonyl (C=O) groups is 1. The summed E-state index contributed by atoms with van der Waals surface area (Å²) >= 11 is 0. The minimum absolute atomic E-state index is 0.359. The Morgan fingerprint density at radius 2 is 2.11 bits per heavy atom. The highest BCUT2D eigenvalue weighted by Crippen LogP contribution is 2.29. The molecule has 1 aliphatic carbocycles. The van der Waals surface area contributed by atoms with Crippen LogP contribution in [0, 0.1) is 11.8 Å². The maximum Gasteiger partial charge on any atom is 0.248 e. The van der Waals surface area contributed by atoms with Crippen molar-refractivity contribution < 1.29 is 4.79 Å². The van der Waals surface area contributed by atoms with Crippen LogP contribution < -0.4 is 11.1 Å². The van der Waals surface area contributed by atoms with Gasteiger partial charge in [-0.05, 0) is 48.8 Å². The van der Waals surface area contributed by atoms with Crippen molar-refractivity contribution in [2.75, 3.05) is 0 Å². The van der Waals surface area contributed by atoms with Gasteiger partial charge in [0, 0.05) is 18.2 Å². The summed E-state index contributed by atoms with van der Waals surface area (Å²) in [6.45, 7) is 5.50. The predicted molar refractivity (Wildman–Crippen MR) is 77.8 cm³/mol. The maximum absolute atomic E-state index is 11.1. The van der Waals surface area contributed by atoms with E-state index in [2.05, 4.69) is 19.2 Å². The van der Waals surface area contributed by atoms with Gasteiger partial charge in [0.25, 0.3) is 0 Å². The third-order valence-corrected chi connectivity index (χ3v) is 4.40. The molecule has 19 heavy (non-hydrogen) atoms. The molecule has 0 spiro atoms. The van der Waals surface area contributed by atoms with Gasteiger partial charge in [-0.2, -0.15) is 0 Å². The normalized spacial score (nSPS) is 27.2. The van der Waals surface area contributed by atoms with Crippen LogP contribution in [0.3, 0.4) is 0 Å². The molecule has 1 aromatic carbocycles. The van der Waals surface area contributed by atoms with Crippen molar-refractivity contribution in [2.45, 2.75) is 45.7 Å². The zero-order chi connectivity index (χ0) is 13.8. The topological polar surface area (TPSA) is 55.1 Å². The molecule has 0 aliphatic heterocycles. The molecule has 2 rings (SSSR count). The molecule has 0 aromatic heterocycles. The lowest BCUT2D eigenvalue weighted by Crippen LogP contribution is -2.35. The number of hydrogen-bond donors (Lipinski definition) is 2. The van der Waals surface area contributed by atoms with E-state index >= 15 is 0 Å². The fourth-order valence-corrected chi connectivity index (χ4v) is 2.83. The summed E-state index contributed by atoms with van der Waals surface area (Å²) in [6.07, 6.45) is 3.80. The molecule has 0 radical (unpaired) electrons. The summed E-state index contributed by atoms with van der Waals surface area (Å²) in [4.78, 5) is 11.1. The van der Waals surface area contributed by atoms with Crippen LogP contribution in [0.15, 0.2) is 24.3 Å². The first-order valence-electron chi connectivity index (χ1n) is 7.18. The summed E-state index contributed by atoms with van der Waals surface area (Å²) in [5.41, 5.74) is 7.01. The van der Waals surface area contributed by atoms with Crippen LogP contribution in [0.1, 0.15) is 49.0 Å². The summed E-state index contributed by atoms with van der Waals surface area (Å²) in [7, 11) is 0. The van der Waals surface area contributed by atoms with Gasteiger partial charge in [0.05, 0.1) is 0 Å². The molecule has 1 amide bonds. The van der Waals surface area contributed by atoms with Gasteiger partial charge in [-0.3, -0.25) is 4.79 Å². The maximum atomic E-state index is 11.1. The van der Waals surface area contributed by atoms with E-state index in [4.69, 9.17) is 5.73 Å². The van der Waals surface area contributed by atoms with E-state index in [1.165, 1.54) is 19.3 Å². The molecular weight excluding hydrogens is 236 g/mol. The minimum Gasteiger partial charge on any atom is -0.366 e. The largest absolute Gasteiger partial charge is 0.366 e. The molecule has 3 N–H and O–H groups in total. The Bertz CT molecular complexity index is 444. The van der Waals surface area contributed by atoms with Crippen LogP contribution in [0.4, 0.5) is 0 Å². The fourth-order valence-electron chi connectivity index (χ4n) is 2.83. The predicted octanol–water partition coefficient (Wildman–Crippen LogP) is 2.70. The van der Waals surface area contributed by atoms with Crippen molar-refractivity contribution in [1.82, 2.24) is 5.32 Å². The van der Waals surface area contributed by atoms with E-state index in [1.54, 1.807) is 6.07 Å². The van der Waals surface area contributed by atoms with E-state index < -0.39 is 0 Å². The van der Waals surface area contributed by atoms with Gasteiger partial charge in [-0.1, -0.05) is 26.0 Å². The van der Waals surface area contributed by atoms with Crippen LogP contribution in [-0.4, -0.2) is 11.9 Å². The second kappa shape index (κ2) is 6.20. The molecule has 104 valence electrons. The lowest BCUT2D eigenvalue weighted by molar-refractivity contribution is 0.1000. The summed E-state index contributed by atoms with van der Waals surface area (Å²) in [5, 5.41) is 3.60. The van der Waals surface area contributed by atoms with Gasteiger partial charge in [0.2, 0.25) is 5.91 Å². The number of benzene rings is 1. The van der Waals surface area contributed by atoms with Gasteiger partial charge in [0.1, 0.15) is 0 Å². The molecule has 1 fully saturated rings. The zero-order valence-electron chi connectivity index (χ0n) is 11.9. The average molecular weight is 260 g/mol. The average Bonchev–Trinajstić information content (AvgIpc) is 2.40. The Hall–Kier alpha value is -1.35. The molecule has 0 saturated heterocycles. The summed E-state index contributed by atoms with van der Waals surface area (Å²) < 4.78 is 0. The first kappa shape index (κ1) is 14.1. The van der Waals surface area contributed by atoms with Gasteiger partial charge in [0.15, 0.2) is 0 Å². The van der Waals surface area contributed by atoms with E-state index in [9.17, 15) is 4.79 Å². The van der Waals surface area contributed by atoms with Crippen LogP contribution in [-0.2, 0) is 6.54 Å². The number of primary amides is 1. The molecule has 3 heteroatoms. The number of nitrogens with one attached hydrogen (secondary N) is 1. The second-order valence-corrected chi connectivity index (χ2v) is 5.91. The molecule has 0 bridgehead atoms. The van der Waals surface area contributed by atoms with Crippen molar-refractivity contribution >= 4 is 5.91 Å². The van der Waals surface area contributed by atoms with E-state index in [0.717, 1.165) is 23.9 Å².